The fraction of sp³-hybridized carbons (Fsp3) is 0.182. The quantitative estimate of drug-likeness (QED) is 0.751. The lowest BCUT2D eigenvalue weighted by Crippen LogP contribution is -2.42. The van der Waals surface area contributed by atoms with Crippen LogP contribution in [0.3, 0.4) is 0 Å². The molecule has 0 heterocycles. The van der Waals surface area contributed by atoms with Crippen molar-refractivity contribution in [2.24, 2.45) is 0 Å². The topological polar surface area (TPSA) is 20.2 Å². The molecule has 23 heavy (non-hydrogen) atoms. The molecule has 0 unspecified atom stereocenters. The van der Waals surface area contributed by atoms with E-state index in [2.05, 4.69) is 72.8 Å². The third-order valence-electron chi connectivity index (χ3n) is 5.68. The molecule has 1 heteroatoms. The lowest BCUT2D eigenvalue weighted by molar-refractivity contribution is 0.261. The van der Waals surface area contributed by atoms with Crippen LogP contribution in [0.5, 0.6) is 0 Å². The third-order valence-corrected chi connectivity index (χ3v) is 5.68. The molecule has 112 valence electrons. The largest absolute Gasteiger partial charge is 0.396 e. The van der Waals surface area contributed by atoms with Gasteiger partial charge in [-0.25, -0.2) is 0 Å². The zero-order valence-corrected chi connectivity index (χ0v) is 12.9. The van der Waals surface area contributed by atoms with E-state index in [0.29, 0.717) is 5.92 Å². The van der Waals surface area contributed by atoms with Crippen LogP contribution in [-0.4, -0.2) is 11.7 Å². The van der Waals surface area contributed by atoms with E-state index in [9.17, 15) is 5.11 Å². The Hall–Kier alpha value is -2.38. The number of aliphatic hydroxyl groups is 1. The first kappa shape index (κ1) is 13.1. The van der Waals surface area contributed by atoms with Gasteiger partial charge in [0.1, 0.15) is 0 Å². The molecular formula is C22H18O. The van der Waals surface area contributed by atoms with E-state index < -0.39 is 0 Å². The van der Waals surface area contributed by atoms with Crippen LogP contribution < -0.4 is 0 Å². The molecule has 0 saturated heterocycles. The molecule has 6 rings (SSSR count). The number of aliphatic hydroxyl groups excluding tert-OH is 1. The van der Waals surface area contributed by atoms with Gasteiger partial charge in [0.05, 0.1) is 0 Å². The van der Waals surface area contributed by atoms with E-state index in [-0.39, 0.29) is 12.0 Å². The molecule has 0 aliphatic heterocycles. The molecule has 3 aliphatic rings. The highest BCUT2D eigenvalue weighted by molar-refractivity contribution is 5.71. The van der Waals surface area contributed by atoms with Crippen molar-refractivity contribution < 1.29 is 5.11 Å². The molecule has 0 fully saturated rings. The van der Waals surface area contributed by atoms with E-state index >= 15 is 0 Å². The third kappa shape index (κ3) is 1.46. The fourth-order valence-corrected chi connectivity index (χ4v) is 4.92. The van der Waals surface area contributed by atoms with Gasteiger partial charge in [-0.15, -0.1) is 0 Å². The van der Waals surface area contributed by atoms with Crippen LogP contribution in [0.1, 0.15) is 45.7 Å². The summed E-state index contributed by atoms with van der Waals surface area (Å²) in [4.78, 5) is 0. The molecule has 0 atom stereocenters. The smallest absolute Gasteiger partial charge is 0.0482 e. The lowest BCUT2D eigenvalue weighted by Gasteiger charge is -2.50. The second kappa shape index (κ2) is 4.56. The zero-order chi connectivity index (χ0) is 15.4. The van der Waals surface area contributed by atoms with Gasteiger partial charge in [-0.1, -0.05) is 72.8 Å². The Balaban J connectivity index is 1.97. The molecular weight excluding hydrogens is 280 g/mol. The van der Waals surface area contributed by atoms with Crippen molar-refractivity contribution in [1.82, 2.24) is 0 Å². The van der Waals surface area contributed by atoms with Crippen LogP contribution in [-0.2, 0) is 5.41 Å². The Kier molecular flexibility index (Phi) is 2.60. The van der Waals surface area contributed by atoms with E-state index in [0.717, 1.165) is 6.42 Å². The summed E-state index contributed by atoms with van der Waals surface area (Å²) < 4.78 is 0. The maximum atomic E-state index is 9.91. The molecule has 2 bridgehead atoms. The summed E-state index contributed by atoms with van der Waals surface area (Å²) in [5.74, 6) is 0.319. The van der Waals surface area contributed by atoms with Crippen LogP contribution >= 0.6 is 0 Å². The SMILES string of the molecule is OCCC12c3ccccc3C(c3ccccc31)c1ccccc12. The molecule has 3 aliphatic carbocycles. The minimum absolute atomic E-state index is 0.182. The van der Waals surface area contributed by atoms with Crippen LogP contribution in [0.2, 0.25) is 0 Å². The summed E-state index contributed by atoms with van der Waals surface area (Å²) >= 11 is 0. The number of hydrogen-bond acceptors (Lipinski definition) is 1. The normalized spacial score (nSPS) is 23.1. The maximum Gasteiger partial charge on any atom is 0.0482 e. The van der Waals surface area contributed by atoms with Crippen molar-refractivity contribution in [1.29, 1.82) is 0 Å². The van der Waals surface area contributed by atoms with E-state index in [1.165, 1.54) is 33.4 Å². The second-order valence-electron chi connectivity index (χ2n) is 6.57. The second-order valence-corrected chi connectivity index (χ2v) is 6.57. The summed E-state index contributed by atoms with van der Waals surface area (Å²) in [6.07, 6.45) is 0.727. The van der Waals surface area contributed by atoms with Gasteiger partial charge in [0.25, 0.3) is 0 Å². The Morgan fingerprint density at radius 2 is 1.04 bits per heavy atom. The van der Waals surface area contributed by atoms with E-state index in [1.54, 1.807) is 0 Å². The fourth-order valence-electron chi connectivity index (χ4n) is 4.92. The number of benzene rings is 3. The van der Waals surface area contributed by atoms with Crippen LogP contribution in [0.15, 0.2) is 72.8 Å². The molecule has 0 aromatic heterocycles. The average molecular weight is 298 g/mol. The van der Waals surface area contributed by atoms with Crippen LogP contribution in [0.25, 0.3) is 0 Å². The van der Waals surface area contributed by atoms with Gasteiger partial charge < -0.3 is 5.11 Å². The Morgan fingerprint density at radius 1 is 0.652 bits per heavy atom. The molecule has 1 nitrogen and oxygen atoms in total. The zero-order valence-electron chi connectivity index (χ0n) is 12.9. The molecule has 0 amide bonds. The van der Waals surface area contributed by atoms with Crippen LogP contribution in [0.4, 0.5) is 0 Å². The van der Waals surface area contributed by atoms with Gasteiger partial charge in [-0.05, 0) is 39.8 Å². The summed E-state index contributed by atoms with van der Waals surface area (Å²) in [6.45, 7) is 0.182. The van der Waals surface area contributed by atoms with Gasteiger partial charge in [0.15, 0.2) is 0 Å². The number of rotatable bonds is 2. The molecule has 3 aromatic carbocycles. The highest BCUT2D eigenvalue weighted by Gasteiger charge is 2.50. The Labute approximate surface area is 136 Å². The van der Waals surface area contributed by atoms with Crippen LogP contribution in [0, 0.1) is 0 Å². The number of hydrogen-bond donors (Lipinski definition) is 1. The van der Waals surface area contributed by atoms with Crippen molar-refractivity contribution >= 4 is 0 Å². The van der Waals surface area contributed by atoms with Crippen molar-refractivity contribution in [3.63, 3.8) is 0 Å². The van der Waals surface area contributed by atoms with Crippen molar-refractivity contribution in [2.45, 2.75) is 17.8 Å². The molecule has 0 radical (unpaired) electrons. The van der Waals surface area contributed by atoms with E-state index in [4.69, 9.17) is 0 Å². The standard InChI is InChI=1S/C22H18O/c23-14-13-22-18-10-4-1-7-15(18)21(16-8-2-5-11-19(16)22)17-9-3-6-12-20(17)22/h1-12,21,23H,13-14H2. The Morgan fingerprint density at radius 3 is 1.43 bits per heavy atom. The van der Waals surface area contributed by atoms with Gasteiger partial charge >= 0.3 is 0 Å². The maximum absolute atomic E-state index is 9.91. The predicted octanol–water partition coefficient (Wildman–Crippen LogP) is 4.21. The first-order valence-electron chi connectivity index (χ1n) is 8.27. The van der Waals surface area contributed by atoms with E-state index in [1.807, 2.05) is 0 Å². The first-order chi connectivity index (χ1) is 11.4. The molecule has 1 N–H and O–H groups in total. The Bertz CT molecular complexity index is 793. The molecule has 0 spiro atoms. The summed E-state index contributed by atoms with van der Waals surface area (Å²) in [5.41, 5.74) is 8.10. The predicted molar refractivity (Wildman–Crippen MR) is 91.9 cm³/mol. The van der Waals surface area contributed by atoms with Gasteiger partial charge in [0, 0.05) is 17.9 Å². The average Bonchev–Trinajstić information content (AvgIpc) is 2.62. The molecule has 3 aromatic rings. The highest BCUT2D eigenvalue weighted by atomic mass is 16.3. The van der Waals surface area contributed by atoms with Crippen molar-refractivity contribution in [3.8, 4) is 0 Å². The lowest BCUT2D eigenvalue weighted by atomic mass is 9.52. The first-order valence-corrected chi connectivity index (χ1v) is 8.27. The summed E-state index contributed by atoms with van der Waals surface area (Å²) in [7, 11) is 0. The van der Waals surface area contributed by atoms with Crippen molar-refractivity contribution in [3.05, 3.63) is 106 Å². The highest BCUT2D eigenvalue weighted by Crippen LogP contribution is 2.59. The minimum Gasteiger partial charge on any atom is -0.396 e. The van der Waals surface area contributed by atoms with Gasteiger partial charge in [0.2, 0.25) is 0 Å². The summed E-state index contributed by atoms with van der Waals surface area (Å²) in [5, 5.41) is 9.91. The summed E-state index contributed by atoms with van der Waals surface area (Å²) in [6, 6.07) is 26.3. The minimum atomic E-state index is -0.215. The van der Waals surface area contributed by atoms with Crippen molar-refractivity contribution in [2.75, 3.05) is 6.61 Å². The van der Waals surface area contributed by atoms with Gasteiger partial charge in [-0.3, -0.25) is 0 Å². The molecule has 0 saturated carbocycles. The van der Waals surface area contributed by atoms with Gasteiger partial charge in [-0.2, -0.15) is 0 Å². The monoisotopic (exact) mass is 298 g/mol.